The summed E-state index contributed by atoms with van der Waals surface area (Å²) in [5.74, 6) is -0.649. The monoisotopic (exact) mass is 444 g/mol. The first-order valence-corrected chi connectivity index (χ1v) is 10.6. The average molecular weight is 444 g/mol. The molecule has 1 amide bonds. The molecule has 0 saturated carbocycles. The topological polar surface area (TPSA) is 106 Å². The van der Waals surface area contributed by atoms with Crippen LogP contribution in [-0.4, -0.2) is 39.0 Å². The van der Waals surface area contributed by atoms with Gasteiger partial charge in [0.1, 0.15) is 11.4 Å². The van der Waals surface area contributed by atoms with Gasteiger partial charge in [-0.2, -0.15) is 4.98 Å². The Morgan fingerprint density at radius 3 is 2.61 bits per heavy atom. The lowest BCUT2D eigenvalue weighted by molar-refractivity contribution is -0.121. The van der Waals surface area contributed by atoms with Gasteiger partial charge in [0.15, 0.2) is 0 Å². The van der Waals surface area contributed by atoms with Crippen LogP contribution < -0.4 is 15.6 Å². The first kappa shape index (κ1) is 22.0. The summed E-state index contributed by atoms with van der Waals surface area (Å²) in [5, 5.41) is 13.6. The van der Waals surface area contributed by atoms with Crippen molar-refractivity contribution in [2.75, 3.05) is 13.7 Å². The Hall–Kier alpha value is -4.20. The highest BCUT2D eigenvalue weighted by atomic mass is 16.5. The predicted molar refractivity (Wildman–Crippen MR) is 124 cm³/mol. The molecule has 8 nitrogen and oxygen atoms in total. The molecule has 168 valence electrons. The molecule has 0 spiro atoms. The number of methoxy groups -OCH3 is 1. The zero-order chi connectivity index (χ0) is 23.2. The molecule has 0 saturated heterocycles. The fourth-order valence-electron chi connectivity index (χ4n) is 3.77. The van der Waals surface area contributed by atoms with Gasteiger partial charge in [-0.3, -0.25) is 19.0 Å². The van der Waals surface area contributed by atoms with Crippen molar-refractivity contribution in [2.24, 2.45) is 0 Å². The molecule has 0 fully saturated rings. The third-order valence-corrected chi connectivity index (χ3v) is 5.49. The van der Waals surface area contributed by atoms with Crippen molar-refractivity contribution < 1.29 is 14.6 Å². The molecule has 0 aliphatic carbocycles. The van der Waals surface area contributed by atoms with E-state index in [0.29, 0.717) is 29.9 Å². The Labute approximate surface area is 190 Å². The zero-order valence-corrected chi connectivity index (χ0v) is 18.1. The van der Waals surface area contributed by atoms with Gasteiger partial charge in [0.05, 0.1) is 12.7 Å². The number of hydrogen-bond donors (Lipinski definition) is 2. The lowest BCUT2D eigenvalue weighted by atomic mass is 9.89. The molecule has 4 rings (SSSR count). The van der Waals surface area contributed by atoms with Crippen molar-refractivity contribution in [3.05, 3.63) is 100 Å². The summed E-state index contributed by atoms with van der Waals surface area (Å²) in [5.41, 5.74) is 1.76. The maximum Gasteiger partial charge on any atom is 0.265 e. The van der Waals surface area contributed by atoms with Crippen LogP contribution in [0.15, 0.2) is 78.0 Å². The number of fused-ring (bicyclic) bond motifs is 1. The fraction of sp³-hybridized carbons (Fsp3) is 0.200. The lowest BCUT2D eigenvalue weighted by Crippen LogP contribution is -2.30. The van der Waals surface area contributed by atoms with Crippen LogP contribution >= 0.6 is 0 Å². The molecule has 0 radical (unpaired) electrons. The molecule has 0 bridgehead atoms. The number of nitrogens with zero attached hydrogens (tertiary/aromatic N) is 3. The molecule has 1 atom stereocenters. The Balaban J connectivity index is 1.63. The van der Waals surface area contributed by atoms with Crippen LogP contribution in [0.3, 0.4) is 0 Å². The van der Waals surface area contributed by atoms with Crippen molar-refractivity contribution in [2.45, 2.75) is 18.8 Å². The van der Waals surface area contributed by atoms with Crippen molar-refractivity contribution in [3.63, 3.8) is 0 Å². The van der Waals surface area contributed by atoms with E-state index in [2.05, 4.69) is 15.3 Å². The molecule has 4 aromatic rings. The van der Waals surface area contributed by atoms with Gasteiger partial charge in [0, 0.05) is 37.5 Å². The van der Waals surface area contributed by atoms with Crippen molar-refractivity contribution in [1.82, 2.24) is 19.7 Å². The minimum Gasteiger partial charge on any atom is -0.497 e. The summed E-state index contributed by atoms with van der Waals surface area (Å²) >= 11 is 0. The van der Waals surface area contributed by atoms with E-state index in [1.807, 2.05) is 12.1 Å². The molecule has 33 heavy (non-hydrogen) atoms. The van der Waals surface area contributed by atoms with Crippen LogP contribution in [0.5, 0.6) is 11.6 Å². The summed E-state index contributed by atoms with van der Waals surface area (Å²) in [6.07, 6.45) is 5.64. The second kappa shape index (κ2) is 9.95. The molecule has 3 heterocycles. The number of amides is 1. The Morgan fingerprint density at radius 1 is 1.12 bits per heavy atom. The molecule has 2 N–H and O–H groups in total. The van der Waals surface area contributed by atoms with Crippen LogP contribution in [-0.2, 0) is 11.2 Å². The number of nitrogens with one attached hydrogen (secondary N) is 1. The molecule has 1 unspecified atom stereocenters. The normalized spacial score (nSPS) is 11.8. The molecular formula is C25H24N4O4. The maximum atomic E-state index is 13.3. The van der Waals surface area contributed by atoms with Crippen LogP contribution in [0, 0.1) is 0 Å². The first-order chi connectivity index (χ1) is 16.1. The second-order valence-corrected chi connectivity index (χ2v) is 7.57. The lowest BCUT2D eigenvalue weighted by Gasteiger charge is -2.19. The van der Waals surface area contributed by atoms with Crippen LogP contribution in [0.2, 0.25) is 0 Å². The third-order valence-electron chi connectivity index (χ3n) is 5.49. The second-order valence-electron chi connectivity index (χ2n) is 7.57. The van der Waals surface area contributed by atoms with Crippen molar-refractivity contribution >= 4 is 11.6 Å². The van der Waals surface area contributed by atoms with Gasteiger partial charge in [0.25, 0.3) is 5.56 Å². The summed E-state index contributed by atoms with van der Waals surface area (Å²) in [6, 6.07) is 16.0. The highest BCUT2D eigenvalue weighted by Crippen LogP contribution is 2.31. The number of hydrogen-bond acceptors (Lipinski definition) is 6. The molecule has 1 aromatic carbocycles. The fourth-order valence-corrected chi connectivity index (χ4v) is 3.77. The summed E-state index contributed by atoms with van der Waals surface area (Å²) in [4.78, 5) is 34.3. The zero-order valence-electron chi connectivity index (χ0n) is 18.1. The highest BCUT2D eigenvalue weighted by Gasteiger charge is 2.26. The van der Waals surface area contributed by atoms with Gasteiger partial charge >= 0.3 is 0 Å². The van der Waals surface area contributed by atoms with Crippen molar-refractivity contribution in [1.29, 1.82) is 0 Å². The number of rotatable bonds is 8. The van der Waals surface area contributed by atoms with Gasteiger partial charge in [0.2, 0.25) is 11.8 Å². The minimum atomic E-state index is -0.686. The van der Waals surface area contributed by atoms with Crippen LogP contribution in [0.1, 0.15) is 29.0 Å². The van der Waals surface area contributed by atoms with E-state index in [9.17, 15) is 14.7 Å². The standard InChI is InChI=1S/C25H24N4O4/c1-33-19-7-5-18(6-8-19)20(16-22(30)27-14-11-17-9-12-26-13-10-17)23-24(31)28-21-4-2-3-15-29(21)25(23)32/h2-10,12-13,15,20,31H,11,14,16H2,1H3,(H,27,30). The summed E-state index contributed by atoms with van der Waals surface area (Å²) in [7, 11) is 1.56. The number of benzene rings is 1. The number of aromatic nitrogens is 3. The van der Waals surface area contributed by atoms with Crippen molar-refractivity contribution in [3.8, 4) is 11.6 Å². The Bertz CT molecular complexity index is 1300. The third kappa shape index (κ3) is 5.01. The van der Waals surface area contributed by atoms with Gasteiger partial charge < -0.3 is 15.2 Å². The van der Waals surface area contributed by atoms with E-state index in [1.54, 1.807) is 68.2 Å². The van der Waals surface area contributed by atoms with E-state index >= 15 is 0 Å². The average Bonchev–Trinajstić information content (AvgIpc) is 2.84. The molecule has 0 aliphatic rings. The maximum absolute atomic E-state index is 13.3. The Morgan fingerprint density at radius 2 is 1.88 bits per heavy atom. The largest absolute Gasteiger partial charge is 0.497 e. The molecule has 8 heteroatoms. The number of carbonyl (C=O) groups excluding carboxylic acids is 1. The number of pyridine rings is 2. The number of ether oxygens (including phenoxy) is 1. The highest BCUT2D eigenvalue weighted by molar-refractivity contribution is 5.77. The van der Waals surface area contributed by atoms with E-state index in [0.717, 1.165) is 5.56 Å². The van der Waals surface area contributed by atoms with Gasteiger partial charge in [-0.05, 0) is 53.9 Å². The van der Waals surface area contributed by atoms with Gasteiger partial charge in [-0.15, -0.1) is 0 Å². The smallest absolute Gasteiger partial charge is 0.265 e. The number of aromatic hydroxyl groups is 1. The van der Waals surface area contributed by atoms with E-state index < -0.39 is 11.5 Å². The van der Waals surface area contributed by atoms with Gasteiger partial charge in [-0.25, -0.2) is 0 Å². The number of carbonyl (C=O) groups is 1. The summed E-state index contributed by atoms with van der Waals surface area (Å²) < 4.78 is 6.59. The first-order valence-electron chi connectivity index (χ1n) is 10.6. The van der Waals surface area contributed by atoms with Crippen LogP contribution in [0.4, 0.5) is 0 Å². The van der Waals surface area contributed by atoms with E-state index in [4.69, 9.17) is 4.74 Å². The SMILES string of the molecule is COc1ccc(C(CC(=O)NCCc2ccncc2)c2c(O)nc3ccccn3c2=O)cc1. The Kier molecular flexibility index (Phi) is 6.64. The molecule has 0 aliphatic heterocycles. The quantitative estimate of drug-likeness (QED) is 0.433. The van der Waals surface area contributed by atoms with E-state index in [-0.39, 0.29) is 23.8 Å². The summed E-state index contributed by atoms with van der Waals surface area (Å²) in [6.45, 7) is 0.444. The molecular weight excluding hydrogens is 420 g/mol. The van der Waals surface area contributed by atoms with Gasteiger partial charge in [-0.1, -0.05) is 18.2 Å². The minimum absolute atomic E-state index is 0.0218. The molecule has 3 aromatic heterocycles. The van der Waals surface area contributed by atoms with E-state index in [1.165, 1.54) is 4.40 Å². The van der Waals surface area contributed by atoms with Crippen LogP contribution in [0.25, 0.3) is 5.65 Å². The predicted octanol–water partition coefficient (Wildman–Crippen LogP) is 2.68.